The molecule has 5 heteroatoms. The Morgan fingerprint density at radius 1 is 1.42 bits per heavy atom. The fraction of sp³-hybridized carbons (Fsp3) is 0.571. The van der Waals surface area contributed by atoms with E-state index in [1.165, 1.54) is 0 Å². The Hall–Kier alpha value is -0.840. The van der Waals surface area contributed by atoms with E-state index in [0.29, 0.717) is 11.3 Å². The second-order valence-electron chi connectivity index (χ2n) is 2.66. The first-order valence-corrected chi connectivity index (χ1v) is 5.30. The first kappa shape index (κ1) is 9.25. The maximum absolute atomic E-state index is 11.2. The van der Waals surface area contributed by atoms with Crippen LogP contribution in [0.15, 0.2) is 11.0 Å². The van der Waals surface area contributed by atoms with Crippen molar-refractivity contribution in [2.75, 3.05) is 0 Å². The van der Waals surface area contributed by atoms with Crippen LogP contribution in [-0.4, -0.2) is 14.8 Å². The lowest BCUT2D eigenvalue weighted by molar-refractivity contribution is -0.108. The zero-order valence-electron chi connectivity index (χ0n) is 6.62. The fourth-order valence-corrected chi connectivity index (χ4v) is 2.22. The van der Waals surface area contributed by atoms with Crippen LogP contribution < -0.4 is 4.72 Å². The molecule has 1 N–H and O–H groups in total. The molecule has 0 heterocycles. The van der Waals surface area contributed by atoms with Gasteiger partial charge in [-0.1, -0.05) is 6.08 Å². The van der Waals surface area contributed by atoms with Crippen molar-refractivity contribution in [3.8, 4) is 0 Å². The number of carbonyl (C=O) groups is 1. The van der Waals surface area contributed by atoms with E-state index in [4.69, 9.17) is 0 Å². The van der Waals surface area contributed by atoms with Crippen LogP contribution in [0.5, 0.6) is 0 Å². The van der Waals surface area contributed by atoms with Gasteiger partial charge in [0, 0.05) is 0 Å². The Kier molecular flexibility index (Phi) is 2.86. The highest BCUT2D eigenvalue weighted by Crippen LogP contribution is 2.20. The van der Waals surface area contributed by atoms with Gasteiger partial charge in [0.25, 0.3) is 10.0 Å². The molecule has 68 valence electrons. The molecule has 0 bridgehead atoms. The van der Waals surface area contributed by atoms with Crippen molar-refractivity contribution in [1.82, 2.24) is 4.72 Å². The number of hydrogen-bond donors (Lipinski definition) is 1. The maximum Gasteiger partial charge on any atom is 0.259 e. The number of carbonyl (C=O) groups excluding carboxylic acids is 1. The van der Waals surface area contributed by atoms with Crippen molar-refractivity contribution in [2.45, 2.75) is 25.7 Å². The second kappa shape index (κ2) is 3.71. The molecular formula is C7H11NO3S. The van der Waals surface area contributed by atoms with Crippen molar-refractivity contribution in [2.24, 2.45) is 0 Å². The van der Waals surface area contributed by atoms with E-state index in [2.05, 4.69) is 0 Å². The van der Waals surface area contributed by atoms with Crippen LogP contribution in [0, 0.1) is 0 Å². The van der Waals surface area contributed by atoms with Gasteiger partial charge in [0.15, 0.2) is 0 Å². The van der Waals surface area contributed by atoms with Gasteiger partial charge in [-0.15, -0.1) is 0 Å². The second-order valence-corrected chi connectivity index (χ2v) is 4.42. The van der Waals surface area contributed by atoms with Crippen molar-refractivity contribution >= 4 is 16.4 Å². The van der Waals surface area contributed by atoms with Gasteiger partial charge in [-0.05, 0) is 25.7 Å². The molecule has 0 spiro atoms. The molecule has 0 unspecified atom stereocenters. The maximum atomic E-state index is 11.2. The summed E-state index contributed by atoms with van der Waals surface area (Å²) in [5.74, 6) is 0. The number of allylic oxidation sites excluding steroid dienone is 2. The summed E-state index contributed by atoms with van der Waals surface area (Å²) in [6.45, 7) is 0. The zero-order valence-corrected chi connectivity index (χ0v) is 7.43. The monoisotopic (exact) mass is 189 g/mol. The highest BCUT2D eigenvalue weighted by Gasteiger charge is 2.17. The number of amides is 1. The summed E-state index contributed by atoms with van der Waals surface area (Å²) in [7, 11) is -3.49. The lowest BCUT2D eigenvalue weighted by Crippen LogP contribution is -2.24. The molecule has 0 saturated heterocycles. The summed E-state index contributed by atoms with van der Waals surface area (Å²) in [4.78, 5) is 10.3. The number of hydrogen-bond acceptors (Lipinski definition) is 3. The van der Waals surface area contributed by atoms with E-state index in [1.807, 2.05) is 4.72 Å². The Morgan fingerprint density at radius 3 is 2.67 bits per heavy atom. The lowest BCUT2D eigenvalue weighted by Gasteiger charge is -2.11. The topological polar surface area (TPSA) is 63.2 Å². The average molecular weight is 189 g/mol. The first-order chi connectivity index (χ1) is 5.67. The van der Waals surface area contributed by atoms with Crippen LogP contribution in [-0.2, 0) is 14.8 Å². The van der Waals surface area contributed by atoms with E-state index < -0.39 is 10.0 Å². The van der Waals surface area contributed by atoms with Gasteiger partial charge in [-0.2, -0.15) is 0 Å². The molecule has 0 aromatic rings. The quantitative estimate of drug-likeness (QED) is 0.658. The van der Waals surface area contributed by atoms with Crippen LogP contribution in [0.25, 0.3) is 0 Å². The van der Waals surface area contributed by atoms with E-state index in [0.717, 1.165) is 19.3 Å². The Balaban J connectivity index is 2.80. The van der Waals surface area contributed by atoms with Gasteiger partial charge in [0.05, 0.1) is 4.91 Å². The molecule has 1 amide bonds. The molecule has 1 aliphatic rings. The van der Waals surface area contributed by atoms with Crippen LogP contribution in [0.1, 0.15) is 25.7 Å². The highest BCUT2D eigenvalue weighted by atomic mass is 32.2. The molecule has 0 atom stereocenters. The summed E-state index contributed by atoms with van der Waals surface area (Å²) in [5, 5.41) is 0. The summed E-state index contributed by atoms with van der Waals surface area (Å²) < 4.78 is 24.2. The summed E-state index contributed by atoms with van der Waals surface area (Å²) in [6.07, 6.45) is 5.12. The normalized spacial score (nSPS) is 18.2. The summed E-state index contributed by atoms with van der Waals surface area (Å²) >= 11 is 0. The molecule has 0 aromatic heterocycles. The van der Waals surface area contributed by atoms with Crippen LogP contribution in [0.3, 0.4) is 0 Å². The predicted molar refractivity (Wildman–Crippen MR) is 44.7 cm³/mol. The van der Waals surface area contributed by atoms with Gasteiger partial charge < -0.3 is 0 Å². The number of rotatable bonds is 3. The van der Waals surface area contributed by atoms with Gasteiger partial charge >= 0.3 is 0 Å². The third kappa shape index (κ3) is 2.07. The number of sulfonamides is 1. The zero-order chi connectivity index (χ0) is 9.03. The van der Waals surface area contributed by atoms with Crippen molar-refractivity contribution in [1.29, 1.82) is 0 Å². The van der Waals surface area contributed by atoms with Crippen LogP contribution in [0.2, 0.25) is 0 Å². The van der Waals surface area contributed by atoms with E-state index in [1.54, 1.807) is 6.08 Å². The summed E-state index contributed by atoms with van der Waals surface area (Å²) in [5.41, 5.74) is 0. The lowest BCUT2D eigenvalue weighted by atomic mass is 10.1. The molecule has 0 aliphatic heterocycles. The largest absolute Gasteiger partial charge is 0.278 e. The molecule has 0 fully saturated rings. The van der Waals surface area contributed by atoms with E-state index in [9.17, 15) is 13.2 Å². The smallest absolute Gasteiger partial charge is 0.259 e. The van der Waals surface area contributed by atoms with E-state index >= 15 is 0 Å². The average Bonchev–Trinajstić information content (AvgIpc) is 2.06. The fourth-order valence-electron chi connectivity index (χ4n) is 1.19. The standard InChI is InChI=1S/C7H11NO3S/c9-6-8-12(10,11)7-4-2-1-3-5-7/h4,6H,1-3,5H2,(H,8,9). The van der Waals surface area contributed by atoms with Gasteiger partial charge in [0.2, 0.25) is 6.41 Å². The highest BCUT2D eigenvalue weighted by molar-refractivity contribution is 7.93. The number of nitrogens with one attached hydrogen (secondary N) is 1. The molecule has 0 aromatic carbocycles. The van der Waals surface area contributed by atoms with Crippen LogP contribution >= 0.6 is 0 Å². The minimum Gasteiger partial charge on any atom is -0.278 e. The third-order valence-corrected chi connectivity index (χ3v) is 3.27. The third-order valence-electron chi connectivity index (χ3n) is 1.80. The molecule has 1 aliphatic carbocycles. The SMILES string of the molecule is O=CNS(=O)(=O)C1=CCCCC1. The Morgan fingerprint density at radius 2 is 2.17 bits per heavy atom. The molecule has 1 rings (SSSR count). The van der Waals surface area contributed by atoms with Crippen molar-refractivity contribution < 1.29 is 13.2 Å². The molecule has 0 radical (unpaired) electrons. The summed E-state index contributed by atoms with van der Waals surface area (Å²) in [6, 6.07) is 0. The minimum absolute atomic E-state index is 0.199. The Bertz CT molecular complexity index is 292. The molecular weight excluding hydrogens is 178 g/mol. The van der Waals surface area contributed by atoms with Crippen LogP contribution in [0.4, 0.5) is 0 Å². The van der Waals surface area contributed by atoms with Crippen molar-refractivity contribution in [3.05, 3.63) is 11.0 Å². The van der Waals surface area contributed by atoms with Crippen molar-refractivity contribution in [3.63, 3.8) is 0 Å². The van der Waals surface area contributed by atoms with E-state index in [-0.39, 0.29) is 6.41 Å². The Labute approximate surface area is 71.7 Å². The minimum atomic E-state index is -3.49. The van der Waals surface area contributed by atoms with Gasteiger partial charge in [-0.3, -0.25) is 9.52 Å². The molecule has 4 nitrogen and oxygen atoms in total. The van der Waals surface area contributed by atoms with Gasteiger partial charge in [0.1, 0.15) is 0 Å². The van der Waals surface area contributed by atoms with Gasteiger partial charge in [-0.25, -0.2) is 8.42 Å². The predicted octanol–water partition coefficient (Wildman–Crippen LogP) is 0.520. The first-order valence-electron chi connectivity index (χ1n) is 3.82. The molecule has 0 saturated carbocycles. The molecule has 12 heavy (non-hydrogen) atoms.